The van der Waals surface area contributed by atoms with E-state index in [0.717, 1.165) is 31.2 Å². The topological polar surface area (TPSA) is 52.6 Å². The molecule has 0 N–H and O–H groups in total. The van der Waals surface area contributed by atoms with Gasteiger partial charge in [0.1, 0.15) is 6.61 Å². The van der Waals surface area contributed by atoms with Crippen molar-refractivity contribution in [3.8, 4) is 0 Å². The first-order valence-electron chi connectivity index (χ1n) is 10.1. The van der Waals surface area contributed by atoms with Crippen LogP contribution in [0.4, 0.5) is 0 Å². The van der Waals surface area contributed by atoms with Gasteiger partial charge in [-0.15, -0.1) is 0 Å². The lowest BCUT2D eigenvalue weighted by molar-refractivity contribution is -0.143. The van der Waals surface area contributed by atoms with Crippen molar-refractivity contribution in [2.24, 2.45) is 0 Å². The summed E-state index contributed by atoms with van der Waals surface area (Å²) in [5.74, 6) is -0.681. The van der Waals surface area contributed by atoms with Crippen LogP contribution in [0.5, 0.6) is 0 Å². The summed E-state index contributed by atoms with van der Waals surface area (Å²) in [6.07, 6.45) is 10.8. The van der Waals surface area contributed by atoms with E-state index in [4.69, 9.17) is 9.47 Å². The number of ether oxygens (including phenoxy) is 2. The minimum Gasteiger partial charge on any atom is -0.465 e. The highest BCUT2D eigenvalue weighted by atomic mass is 16.5. The third-order valence-electron chi connectivity index (χ3n) is 4.49. The van der Waals surface area contributed by atoms with Gasteiger partial charge < -0.3 is 9.47 Å². The van der Waals surface area contributed by atoms with Crippen LogP contribution in [0.1, 0.15) is 75.7 Å². The molecule has 0 bridgehead atoms. The molecule has 0 aliphatic carbocycles. The van der Waals surface area contributed by atoms with Crippen molar-refractivity contribution < 1.29 is 19.1 Å². The Morgan fingerprint density at radius 3 is 2.24 bits per heavy atom. The van der Waals surface area contributed by atoms with Gasteiger partial charge in [0.2, 0.25) is 0 Å². The van der Waals surface area contributed by atoms with E-state index in [9.17, 15) is 9.59 Å². The standard InChI is InChI=1S/C25H34O4/c1-19(2)9-6-10-20(3)11-7-12-21(4)15-16-24(26)29-18-22-13-8-14-23(17-22)25(27)28-5/h8-9,11,13-15,17H,6-7,10,12,16,18H2,1-5H3. The minimum absolute atomic E-state index is 0.143. The molecular weight excluding hydrogens is 364 g/mol. The van der Waals surface area contributed by atoms with Crippen LogP contribution in [-0.2, 0) is 20.9 Å². The van der Waals surface area contributed by atoms with Crippen LogP contribution in [0.15, 0.2) is 59.2 Å². The number of methoxy groups -OCH3 is 1. The maximum atomic E-state index is 12.0. The van der Waals surface area contributed by atoms with Gasteiger partial charge in [-0.1, -0.05) is 47.1 Å². The lowest BCUT2D eigenvalue weighted by Gasteiger charge is -2.06. The second kappa shape index (κ2) is 13.5. The molecule has 4 heteroatoms. The molecule has 4 nitrogen and oxygen atoms in total. The molecule has 1 aromatic carbocycles. The molecule has 0 aromatic heterocycles. The normalized spacial score (nSPS) is 11.8. The fourth-order valence-corrected chi connectivity index (χ4v) is 2.73. The van der Waals surface area contributed by atoms with Crippen molar-refractivity contribution in [1.29, 1.82) is 0 Å². The van der Waals surface area contributed by atoms with Crippen molar-refractivity contribution in [3.63, 3.8) is 0 Å². The number of esters is 2. The molecule has 1 rings (SSSR count). The molecule has 0 aliphatic heterocycles. The largest absolute Gasteiger partial charge is 0.465 e. The van der Waals surface area contributed by atoms with Crippen molar-refractivity contribution in [2.45, 2.75) is 66.4 Å². The summed E-state index contributed by atoms with van der Waals surface area (Å²) < 4.78 is 10.00. The Morgan fingerprint density at radius 2 is 1.59 bits per heavy atom. The number of rotatable bonds is 11. The van der Waals surface area contributed by atoms with Crippen LogP contribution in [-0.4, -0.2) is 19.0 Å². The molecule has 0 heterocycles. The number of carbonyl (C=O) groups is 2. The molecular formula is C25H34O4. The molecule has 1 aromatic rings. The smallest absolute Gasteiger partial charge is 0.337 e. The van der Waals surface area contributed by atoms with E-state index >= 15 is 0 Å². The predicted octanol–water partition coefficient (Wildman–Crippen LogP) is 6.33. The molecule has 0 spiro atoms. The first-order valence-corrected chi connectivity index (χ1v) is 10.1. The Balaban J connectivity index is 2.36. The van der Waals surface area contributed by atoms with E-state index in [0.29, 0.717) is 5.56 Å². The van der Waals surface area contributed by atoms with Crippen LogP contribution in [0.25, 0.3) is 0 Å². The fraction of sp³-hybridized carbons (Fsp3) is 0.440. The second-order valence-electron chi connectivity index (χ2n) is 7.52. The summed E-state index contributed by atoms with van der Waals surface area (Å²) in [4.78, 5) is 23.5. The van der Waals surface area contributed by atoms with Gasteiger partial charge in [-0.3, -0.25) is 4.79 Å². The Hall–Kier alpha value is -2.62. The van der Waals surface area contributed by atoms with Gasteiger partial charge in [-0.05, 0) is 71.1 Å². The molecule has 0 amide bonds. The fourth-order valence-electron chi connectivity index (χ4n) is 2.73. The molecule has 158 valence electrons. The molecule has 0 saturated heterocycles. The van der Waals surface area contributed by atoms with Crippen LogP contribution in [0.2, 0.25) is 0 Å². The SMILES string of the molecule is COC(=O)c1cccc(COC(=O)CC=C(C)CCC=C(C)CCC=C(C)C)c1. The third kappa shape index (κ3) is 11.1. The Kier molecular flexibility index (Phi) is 11.4. The zero-order chi connectivity index (χ0) is 21.6. The number of hydrogen-bond acceptors (Lipinski definition) is 4. The molecule has 0 atom stereocenters. The third-order valence-corrected chi connectivity index (χ3v) is 4.49. The van der Waals surface area contributed by atoms with Crippen molar-refractivity contribution in [2.75, 3.05) is 7.11 Å². The first kappa shape index (κ1) is 24.4. The van der Waals surface area contributed by atoms with Crippen LogP contribution < -0.4 is 0 Å². The maximum absolute atomic E-state index is 12.0. The first-order chi connectivity index (χ1) is 13.8. The van der Waals surface area contributed by atoms with Gasteiger partial charge in [-0.2, -0.15) is 0 Å². The number of benzene rings is 1. The average molecular weight is 399 g/mol. The van der Waals surface area contributed by atoms with Crippen molar-refractivity contribution >= 4 is 11.9 Å². The highest BCUT2D eigenvalue weighted by Crippen LogP contribution is 2.13. The van der Waals surface area contributed by atoms with E-state index in [1.807, 2.05) is 19.1 Å². The Morgan fingerprint density at radius 1 is 0.931 bits per heavy atom. The molecule has 0 fully saturated rings. The summed E-state index contributed by atoms with van der Waals surface area (Å²) >= 11 is 0. The quantitative estimate of drug-likeness (QED) is 0.323. The maximum Gasteiger partial charge on any atom is 0.337 e. The van der Waals surface area contributed by atoms with E-state index in [-0.39, 0.29) is 19.0 Å². The summed E-state index contributed by atoms with van der Waals surface area (Å²) in [6, 6.07) is 6.90. The van der Waals surface area contributed by atoms with Crippen molar-refractivity contribution in [3.05, 3.63) is 70.3 Å². The average Bonchev–Trinajstić information content (AvgIpc) is 2.70. The van der Waals surface area contributed by atoms with Crippen LogP contribution >= 0.6 is 0 Å². The van der Waals surface area contributed by atoms with Gasteiger partial charge in [0.15, 0.2) is 0 Å². The van der Waals surface area contributed by atoms with E-state index in [1.165, 1.54) is 23.8 Å². The highest BCUT2D eigenvalue weighted by molar-refractivity contribution is 5.89. The van der Waals surface area contributed by atoms with Gasteiger partial charge in [0, 0.05) is 0 Å². The van der Waals surface area contributed by atoms with E-state index in [2.05, 4.69) is 32.9 Å². The number of carbonyl (C=O) groups excluding carboxylic acids is 2. The summed E-state index contributed by atoms with van der Waals surface area (Å²) in [6.45, 7) is 8.60. The van der Waals surface area contributed by atoms with Gasteiger partial charge >= 0.3 is 11.9 Å². The van der Waals surface area contributed by atoms with Crippen molar-refractivity contribution in [1.82, 2.24) is 0 Å². The monoisotopic (exact) mass is 398 g/mol. The summed E-state index contributed by atoms with van der Waals surface area (Å²) in [5, 5.41) is 0. The molecule has 0 radical (unpaired) electrons. The zero-order valence-corrected chi connectivity index (χ0v) is 18.4. The Labute approximate surface area is 175 Å². The minimum atomic E-state index is -0.405. The van der Waals surface area contributed by atoms with Gasteiger partial charge in [0.05, 0.1) is 19.1 Å². The second-order valence-corrected chi connectivity index (χ2v) is 7.52. The van der Waals surface area contributed by atoms with E-state index in [1.54, 1.807) is 18.2 Å². The molecule has 0 saturated carbocycles. The summed E-state index contributed by atoms with van der Waals surface area (Å²) in [7, 11) is 1.34. The van der Waals surface area contributed by atoms with Gasteiger partial charge in [0.25, 0.3) is 0 Å². The number of allylic oxidation sites excluding steroid dienone is 5. The lowest BCUT2D eigenvalue weighted by Crippen LogP contribution is -2.05. The van der Waals surface area contributed by atoms with Gasteiger partial charge in [-0.25, -0.2) is 4.79 Å². The predicted molar refractivity (Wildman–Crippen MR) is 118 cm³/mol. The number of hydrogen-bond donors (Lipinski definition) is 0. The Bertz CT molecular complexity index is 765. The zero-order valence-electron chi connectivity index (χ0n) is 18.4. The molecule has 0 aliphatic rings. The summed E-state index contributed by atoms with van der Waals surface area (Å²) in [5.41, 5.74) is 5.16. The highest BCUT2D eigenvalue weighted by Gasteiger charge is 2.07. The molecule has 29 heavy (non-hydrogen) atoms. The molecule has 0 unspecified atom stereocenters. The van der Waals surface area contributed by atoms with Crippen LogP contribution in [0.3, 0.4) is 0 Å². The van der Waals surface area contributed by atoms with E-state index < -0.39 is 5.97 Å². The lowest BCUT2D eigenvalue weighted by atomic mass is 10.1. The van der Waals surface area contributed by atoms with Crippen LogP contribution in [0, 0.1) is 0 Å².